The predicted octanol–water partition coefficient (Wildman–Crippen LogP) is 2.54. The molecule has 0 fully saturated rings. The zero-order valence-corrected chi connectivity index (χ0v) is 11.8. The van der Waals surface area contributed by atoms with Crippen molar-refractivity contribution in [3.63, 3.8) is 0 Å². The first kappa shape index (κ1) is 15.1. The van der Waals surface area contributed by atoms with E-state index in [0.29, 0.717) is 0 Å². The molecule has 1 aromatic heterocycles. The highest BCUT2D eigenvalue weighted by Gasteiger charge is 2.16. The van der Waals surface area contributed by atoms with Gasteiger partial charge in [0.1, 0.15) is 11.6 Å². The van der Waals surface area contributed by atoms with Crippen LogP contribution in [-0.2, 0) is 11.8 Å². The quantitative estimate of drug-likeness (QED) is 0.306. The highest BCUT2D eigenvalue weighted by Crippen LogP contribution is 2.21. The molecule has 1 amide bonds. The van der Waals surface area contributed by atoms with Crippen molar-refractivity contribution >= 4 is 23.6 Å². The fraction of sp³-hybridized carbons (Fsp3) is 0.154. The van der Waals surface area contributed by atoms with E-state index in [2.05, 4.69) is 20.3 Å². The second-order valence-electron chi connectivity index (χ2n) is 4.23. The highest BCUT2D eigenvalue weighted by atomic mass is 16.5. The SMILES string of the molecule is CC(=O)Oc1ccccc1C(=O)Nc1ncc(N=[N+]=[N-])n1C. The van der Waals surface area contributed by atoms with E-state index in [1.807, 2.05) is 0 Å². The molecule has 2 aromatic rings. The number of rotatable bonds is 4. The number of aromatic nitrogens is 2. The Kier molecular flexibility index (Phi) is 4.40. The lowest BCUT2D eigenvalue weighted by Gasteiger charge is -2.09. The van der Waals surface area contributed by atoms with Crippen molar-refractivity contribution in [2.75, 3.05) is 5.32 Å². The van der Waals surface area contributed by atoms with Crippen molar-refractivity contribution < 1.29 is 14.3 Å². The normalized spacial score (nSPS) is 9.73. The molecular weight excluding hydrogens is 288 g/mol. The lowest BCUT2D eigenvalue weighted by Crippen LogP contribution is -2.17. The standard InChI is InChI=1S/C13H12N6O3/c1-8(20)22-10-6-4-3-5-9(10)12(21)16-13-15-7-11(17-18-14)19(13)2/h3-7H,1-2H3,(H,15,16,21). The van der Waals surface area contributed by atoms with Gasteiger partial charge in [-0.15, -0.1) is 0 Å². The van der Waals surface area contributed by atoms with Gasteiger partial charge in [-0.2, -0.15) is 0 Å². The van der Waals surface area contributed by atoms with E-state index in [-0.39, 0.29) is 23.1 Å². The third kappa shape index (κ3) is 3.22. The predicted molar refractivity (Wildman–Crippen MR) is 77.7 cm³/mol. The van der Waals surface area contributed by atoms with E-state index < -0.39 is 11.9 Å². The maximum Gasteiger partial charge on any atom is 0.308 e. The first-order valence-electron chi connectivity index (χ1n) is 6.18. The van der Waals surface area contributed by atoms with E-state index in [4.69, 9.17) is 10.3 Å². The average Bonchev–Trinajstić information content (AvgIpc) is 2.81. The Bertz CT molecular complexity index is 776. The van der Waals surface area contributed by atoms with Crippen LogP contribution in [0.3, 0.4) is 0 Å². The van der Waals surface area contributed by atoms with Gasteiger partial charge in [0.25, 0.3) is 5.91 Å². The van der Waals surface area contributed by atoms with Crippen LogP contribution in [0.5, 0.6) is 5.75 Å². The van der Waals surface area contributed by atoms with E-state index in [1.54, 1.807) is 19.2 Å². The Morgan fingerprint density at radius 3 is 2.82 bits per heavy atom. The van der Waals surface area contributed by atoms with Gasteiger partial charge < -0.3 is 9.30 Å². The van der Waals surface area contributed by atoms with Gasteiger partial charge in [0.05, 0.1) is 11.8 Å². The highest BCUT2D eigenvalue weighted by molar-refractivity contribution is 6.05. The third-order valence-corrected chi connectivity index (χ3v) is 2.72. The minimum Gasteiger partial charge on any atom is -0.426 e. The summed E-state index contributed by atoms with van der Waals surface area (Å²) in [6.45, 7) is 1.25. The second-order valence-corrected chi connectivity index (χ2v) is 4.23. The molecule has 1 N–H and O–H groups in total. The van der Waals surface area contributed by atoms with Gasteiger partial charge in [-0.05, 0) is 22.8 Å². The van der Waals surface area contributed by atoms with Crippen LogP contribution in [0.25, 0.3) is 10.4 Å². The number of ether oxygens (including phenoxy) is 1. The minimum absolute atomic E-state index is 0.150. The monoisotopic (exact) mass is 300 g/mol. The van der Waals surface area contributed by atoms with Gasteiger partial charge in [-0.3, -0.25) is 14.9 Å². The molecule has 112 valence electrons. The number of hydrogen-bond donors (Lipinski definition) is 1. The van der Waals surface area contributed by atoms with E-state index in [9.17, 15) is 9.59 Å². The van der Waals surface area contributed by atoms with Crippen LogP contribution in [0, 0.1) is 0 Å². The molecule has 2 rings (SSSR count). The third-order valence-electron chi connectivity index (χ3n) is 2.72. The van der Waals surface area contributed by atoms with Crippen molar-refractivity contribution in [1.29, 1.82) is 0 Å². The summed E-state index contributed by atoms with van der Waals surface area (Å²) >= 11 is 0. The molecule has 0 unspecified atom stereocenters. The topological polar surface area (TPSA) is 122 Å². The smallest absolute Gasteiger partial charge is 0.308 e. The summed E-state index contributed by atoms with van der Waals surface area (Å²) in [7, 11) is 1.59. The van der Waals surface area contributed by atoms with Crippen molar-refractivity contribution in [1.82, 2.24) is 9.55 Å². The molecule has 22 heavy (non-hydrogen) atoms. The Morgan fingerprint density at radius 2 is 2.14 bits per heavy atom. The largest absolute Gasteiger partial charge is 0.426 e. The number of carbonyl (C=O) groups is 2. The zero-order chi connectivity index (χ0) is 16.1. The summed E-state index contributed by atoms with van der Waals surface area (Å²) in [5.41, 5.74) is 8.60. The number of para-hydroxylation sites is 1. The Balaban J connectivity index is 2.26. The van der Waals surface area contributed by atoms with Gasteiger partial charge in [0.15, 0.2) is 0 Å². The average molecular weight is 300 g/mol. The van der Waals surface area contributed by atoms with Gasteiger partial charge >= 0.3 is 5.97 Å². The lowest BCUT2D eigenvalue weighted by molar-refractivity contribution is -0.131. The molecule has 0 aliphatic heterocycles. The number of hydrogen-bond acceptors (Lipinski definition) is 5. The van der Waals surface area contributed by atoms with Crippen LogP contribution >= 0.6 is 0 Å². The van der Waals surface area contributed by atoms with Gasteiger partial charge in [0, 0.05) is 18.9 Å². The van der Waals surface area contributed by atoms with E-state index >= 15 is 0 Å². The molecule has 0 atom stereocenters. The number of nitrogens with zero attached hydrogens (tertiary/aromatic N) is 5. The van der Waals surface area contributed by atoms with E-state index in [0.717, 1.165) is 0 Å². The summed E-state index contributed by atoms with van der Waals surface area (Å²) in [4.78, 5) is 29.9. The maximum absolute atomic E-state index is 12.3. The number of amides is 1. The van der Waals surface area contributed by atoms with Crippen LogP contribution in [0.4, 0.5) is 11.8 Å². The molecule has 9 heteroatoms. The van der Waals surface area contributed by atoms with Crippen LogP contribution in [0.2, 0.25) is 0 Å². The van der Waals surface area contributed by atoms with Crippen molar-refractivity contribution in [2.45, 2.75) is 6.92 Å². The molecule has 1 aromatic carbocycles. The number of imidazole rings is 1. The Morgan fingerprint density at radius 1 is 1.41 bits per heavy atom. The van der Waals surface area contributed by atoms with Crippen molar-refractivity contribution in [2.24, 2.45) is 12.2 Å². The first-order valence-corrected chi connectivity index (χ1v) is 6.18. The first-order chi connectivity index (χ1) is 10.5. The lowest BCUT2D eigenvalue weighted by atomic mass is 10.2. The fourth-order valence-corrected chi connectivity index (χ4v) is 1.72. The number of azide groups is 1. The molecule has 0 spiro atoms. The molecule has 0 saturated carbocycles. The molecule has 1 heterocycles. The summed E-state index contributed by atoms with van der Waals surface area (Å²) in [6, 6.07) is 6.33. The molecule has 0 saturated heterocycles. The van der Waals surface area contributed by atoms with Crippen LogP contribution in [0.1, 0.15) is 17.3 Å². The van der Waals surface area contributed by atoms with Gasteiger partial charge in [-0.1, -0.05) is 12.1 Å². The van der Waals surface area contributed by atoms with Crippen molar-refractivity contribution in [3.8, 4) is 5.75 Å². The van der Waals surface area contributed by atoms with Gasteiger partial charge in [-0.25, -0.2) is 4.98 Å². The number of nitrogens with one attached hydrogen (secondary N) is 1. The number of carbonyl (C=O) groups excluding carboxylic acids is 2. The summed E-state index contributed by atoms with van der Waals surface area (Å²) in [5, 5.41) is 5.98. The molecule has 9 nitrogen and oxygen atoms in total. The second kappa shape index (κ2) is 6.42. The zero-order valence-electron chi connectivity index (χ0n) is 11.8. The molecule has 0 radical (unpaired) electrons. The van der Waals surface area contributed by atoms with Gasteiger partial charge in [0.2, 0.25) is 5.95 Å². The van der Waals surface area contributed by atoms with Crippen LogP contribution in [-0.4, -0.2) is 21.4 Å². The Labute approximate surface area is 125 Å². The number of esters is 1. The minimum atomic E-state index is -0.525. The molecule has 0 aliphatic rings. The molecular formula is C13H12N6O3. The Hall–Kier alpha value is -3.32. The molecule has 0 aliphatic carbocycles. The summed E-state index contributed by atoms with van der Waals surface area (Å²) < 4.78 is 6.41. The van der Waals surface area contributed by atoms with E-state index in [1.165, 1.54) is 29.8 Å². The van der Waals surface area contributed by atoms with Crippen LogP contribution in [0.15, 0.2) is 35.6 Å². The molecule has 0 bridgehead atoms. The van der Waals surface area contributed by atoms with Crippen LogP contribution < -0.4 is 10.1 Å². The summed E-state index contributed by atoms with van der Waals surface area (Å²) in [6.07, 6.45) is 1.33. The summed E-state index contributed by atoms with van der Waals surface area (Å²) in [5.74, 6) is -0.422. The maximum atomic E-state index is 12.3. The fourth-order valence-electron chi connectivity index (χ4n) is 1.72. The van der Waals surface area contributed by atoms with Crippen molar-refractivity contribution in [3.05, 3.63) is 46.5 Å². The number of benzene rings is 1. The number of anilines is 1.